The maximum Gasteiger partial charge on any atom is 0.213 e. The number of piperidine rings is 1. The first kappa shape index (κ1) is 22.7. The van der Waals surface area contributed by atoms with Crippen LogP contribution >= 0.6 is 0 Å². The Morgan fingerprint density at radius 3 is 2.79 bits per heavy atom. The Morgan fingerprint density at radius 2 is 1.97 bits per heavy atom. The highest BCUT2D eigenvalue weighted by molar-refractivity contribution is 5.85. The monoisotopic (exact) mass is 465 g/mol. The predicted molar refractivity (Wildman–Crippen MR) is 129 cm³/mol. The average molecular weight is 466 g/mol. The molecule has 1 atom stereocenters. The normalized spacial score (nSPS) is 19.0. The molecule has 0 saturated carbocycles. The third-order valence-electron chi connectivity index (χ3n) is 6.74. The van der Waals surface area contributed by atoms with E-state index in [0.29, 0.717) is 25.1 Å². The highest BCUT2D eigenvalue weighted by atomic mass is 19.1. The molecule has 0 bridgehead atoms. The molecule has 0 amide bonds. The molecule has 1 fully saturated rings. The highest BCUT2D eigenvalue weighted by Crippen LogP contribution is 2.39. The molecule has 7 heteroatoms. The first-order valence-electron chi connectivity index (χ1n) is 11.8. The molecule has 0 aliphatic carbocycles. The topological polar surface area (TPSA) is 46.6 Å². The average Bonchev–Trinajstić information content (AvgIpc) is 3.27. The van der Waals surface area contributed by atoms with E-state index in [1.54, 1.807) is 13.2 Å². The zero-order valence-corrected chi connectivity index (χ0v) is 19.3. The van der Waals surface area contributed by atoms with Crippen molar-refractivity contribution < 1.29 is 18.3 Å². The number of pyridine rings is 1. The van der Waals surface area contributed by atoms with Gasteiger partial charge in [-0.15, -0.1) is 0 Å². The van der Waals surface area contributed by atoms with Crippen LogP contribution in [-0.2, 0) is 0 Å². The Labute approximate surface area is 198 Å². The number of halogens is 2. The molecule has 1 aromatic heterocycles. The summed E-state index contributed by atoms with van der Waals surface area (Å²) in [6.07, 6.45) is 5.57. The van der Waals surface area contributed by atoms with Crippen LogP contribution in [-0.4, -0.2) is 55.8 Å². The van der Waals surface area contributed by atoms with Gasteiger partial charge in [0.05, 0.1) is 19.2 Å². The Balaban J connectivity index is 1.15. The molecule has 1 N–H and O–H groups in total. The van der Waals surface area contributed by atoms with E-state index in [9.17, 15) is 8.78 Å². The smallest absolute Gasteiger partial charge is 0.213 e. The molecule has 1 saturated heterocycles. The van der Waals surface area contributed by atoms with Gasteiger partial charge in [-0.05, 0) is 62.3 Å². The molecule has 2 aliphatic heterocycles. The van der Waals surface area contributed by atoms with Crippen LogP contribution in [0.2, 0.25) is 0 Å². The van der Waals surface area contributed by atoms with Crippen molar-refractivity contribution in [2.24, 2.45) is 0 Å². The zero-order chi connectivity index (χ0) is 23.5. The van der Waals surface area contributed by atoms with Crippen LogP contribution in [0.5, 0.6) is 11.6 Å². The van der Waals surface area contributed by atoms with E-state index in [-0.39, 0.29) is 11.5 Å². The van der Waals surface area contributed by atoms with Gasteiger partial charge in [-0.25, -0.2) is 13.8 Å². The largest absolute Gasteiger partial charge is 0.493 e. The number of aromatic nitrogens is 1. The lowest BCUT2D eigenvalue weighted by Gasteiger charge is -2.33. The summed E-state index contributed by atoms with van der Waals surface area (Å²) >= 11 is 0. The minimum atomic E-state index is -0.431. The number of benzene rings is 2. The molecular weight excluding hydrogens is 436 g/mol. The molecule has 34 heavy (non-hydrogen) atoms. The van der Waals surface area contributed by atoms with Crippen LogP contribution in [0.1, 0.15) is 29.9 Å². The van der Waals surface area contributed by atoms with E-state index in [1.165, 1.54) is 11.6 Å². The lowest BCUT2D eigenvalue weighted by atomic mass is 9.96. The summed E-state index contributed by atoms with van der Waals surface area (Å²) in [7, 11) is 1.64. The van der Waals surface area contributed by atoms with Crippen molar-refractivity contribution in [3.05, 3.63) is 71.3 Å². The molecular formula is C27H29F2N3O2. The van der Waals surface area contributed by atoms with Crippen LogP contribution in [0.25, 0.3) is 17.0 Å². The van der Waals surface area contributed by atoms with Crippen LogP contribution in [0.15, 0.2) is 48.5 Å². The van der Waals surface area contributed by atoms with Gasteiger partial charge >= 0.3 is 0 Å². The quantitative estimate of drug-likeness (QED) is 0.545. The van der Waals surface area contributed by atoms with Gasteiger partial charge in [-0.1, -0.05) is 12.2 Å². The lowest BCUT2D eigenvalue weighted by Crippen LogP contribution is -2.43. The van der Waals surface area contributed by atoms with Gasteiger partial charge in [0.25, 0.3) is 0 Å². The number of hydrogen-bond donors (Lipinski definition) is 1. The fourth-order valence-corrected chi connectivity index (χ4v) is 4.92. The fourth-order valence-electron chi connectivity index (χ4n) is 4.92. The second kappa shape index (κ2) is 10.1. The van der Waals surface area contributed by atoms with Crippen molar-refractivity contribution in [1.82, 2.24) is 15.2 Å². The molecule has 2 aromatic carbocycles. The standard InChI is InChI=1S/C27H29F2N3O2/c1-33-25-9-5-18-4-8-24-26(27(18)31-25)20(17-34-24)16-32-13-10-22(11-14-32)30-12-2-3-19-15-21(28)6-7-23(19)29/h2-9,15,20,22,30H,10-14,16-17H2,1H3. The molecule has 5 nitrogen and oxygen atoms in total. The van der Waals surface area contributed by atoms with Crippen LogP contribution < -0.4 is 14.8 Å². The van der Waals surface area contributed by atoms with Gasteiger partial charge in [0.1, 0.15) is 17.4 Å². The van der Waals surface area contributed by atoms with Gasteiger partial charge in [0.2, 0.25) is 5.88 Å². The first-order chi connectivity index (χ1) is 16.6. The lowest BCUT2D eigenvalue weighted by molar-refractivity contribution is 0.180. The Kier molecular flexibility index (Phi) is 6.74. The summed E-state index contributed by atoms with van der Waals surface area (Å²) in [5.41, 5.74) is 2.43. The van der Waals surface area contributed by atoms with Crippen molar-refractivity contribution in [1.29, 1.82) is 0 Å². The summed E-state index contributed by atoms with van der Waals surface area (Å²) < 4.78 is 38.3. The Bertz CT molecular complexity index is 1190. The van der Waals surface area contributed by atoms with E-state index >= 15 is 0 Å². The van der Waals surface area contributed by atoms with Gasteiger partial charge in [-0.3, -0.25) is 0 Å². The minimum absolute atomic E-state index is 0.273. The third kappa shape index (κ3) is 4.91. The summed E-state index contributed by atoms with van der Waals surface area (Å²) in [4.78, 5) is 7.21. The number of nitrogens with zero attached hydrogens (tertiary/aromatic N) is 2. The van der Waals surface area contributed by atoms with E-state index in [4.69, 9.17) is 14.5 Å². The predicted octanol–water partition coefficient (Wildman–Crippen LogP) is 4.77. The van der Waals surface area contributed by atoms with Crippen LogP contribution in [0.4, 0.5) is 8.78 Å². The van der Waals surface area contributed by atoms with Gasteiger partial charge in [-0.2, -0.15) is 0 Å². The van der Waals surface area contributed by atoms with Crippen LogP contribution in [0, 0.1) is 11.6 Å². The second-order valence-corrected chi connectivity index (χ2v) is 8.96. The third-order valence-corrected chi connectivity index (χ3v) is 6.74. The number of nitrogens with one attached hydrogen (secondary N) is 1. The van der Waals surface area contributed by atoms with Crippen LogP contribution in [0.3, 0.4) is 0 Å². The summed E-state index contributed by atoms with van der Waals surface area (Å²) in [5.74, 6) is 0.986. The summed E-state index contributed by atoms with van der Waals surface area (Å²) in [5, 5.41) is 4.62. The molecule has 0 spiro atoms. The molecule has 3 heterocycles. The fraction of sp³-hybridized carbons (Fsp3) is 0.370. The maximum absolute atomic E-state index is 13.7. The zero-order valence-electron chi connectivity index (χ0n) is 19.3. The SMILES string of the molecule is COc1ccc2ccc3c(c2n1)C(CN1CCC(NCC=Cc2cc(F)ccc2F)CC1)CO3. The minimum Gasteiger partial charge on any atom is -0.493 e. The highest BCUT2D eigenvalue weighted by Gasteiger charge is 2.30. The Morgan fingerprint density at radius 1 is 1.15 bits per heavy atom. The van der Waals surface area contributed by atoms with Crippen molar-refractivity contribution in [2.45, 2.75) is 24.8 Å². The van der Waals surface area contributed by atoms with Crippen molar-refractivity contribution in [2.75, 3.05) is 39.9 Å². The van der Waals surface area contributed by atoms with Gasteiger partial charge < -0.3 is 19.7 Å². The molecule has 5 rings (SSSR count). The number of fused-ring (bicyclic) bond motifs is 3. The number of methoxy groups -OCH3 is 1. The van der Waals surface area contributed by atoms with Crippen molar-refractivity contribution in [3.8, 4) is 11.6 Å². The number of rotatable bonds is 7. The first-order valence-corrected chi connectivity index (χ1v) is 11.8. The second-order valence-electron chi connectivity index (χ2n) is 8.96. The maximum atomic E-state index is 13.7. The number of hydrogen-bond acceptors (Lipinski definition) is 5. The number of ether oxygens (including phenoxy) is 2. The molecule has 3 aromatic rings. The van der Waals surface area contributed by atoms with Gasteiger partial charge in [0.15, 0.2) is 0 Å². The van der Waals surface area contributed by atoms with Gasteiger partial charge in [0, 0.05) is 47.6 Å². The molecule has 178 valence electrons. The molecule has 2 aliphatic rings. The molecule has 0 radical (unpaired) electrons. The summed E-state index contributed by atoms with van der Waals surface area (Å²) in [6, 6.07) is 11.9. The molecule has 1 unspecified atom stereocenters. The van der Waals surface area contributed by atoms with E-state index in [0.717, 1.165) is 61.3 Å². The van der Waals surface area contributed by atoms with Crippen molar-refractivity contribution >= 4 is 17.0 Å². The van der Waals surface area contributed by atoms with E-state index in [1.807, 2.05) is 24.3 Å². The summed E-state index contributed by atoms with van der Waals surface area (Å²) in [6.45, 7) is 4.26. The van der Waals surface area contributed by atoms with Crippen molar-refractivity contribution in [3.63, 3.8) is 0 Å². The Hall–Kier alpha value is -3.03. The van der Waals surface area contributed by atoms with E-state index in [2.05, 4.69) is 16.3 Å². The van der Waals surface area contributed by atoms with E-state index < -0.39 is 11.6 Å². The number of likely N-dealkylation sites (tertiary alicyclic amines) is 1.